The Morgan fingerprint density at radius 3 is 2.48 bits per heavy atom. The molecule has 0 saturated carbocycles. The molecular formula is C18H17N3O2. The van der Waals surface area contributed by atoms with E-state index in [0.29, 0.717) is 25.3 Å². The Balaban J connectivity index is 1.49. The summed E-state index contributed by atoms with van der Waals surface area (Å²) in [6.45, 7) is 1.79. The molecule has 2 saturated heterocycles. The summed E-state index contributed by atoms with van der Waals surface area (Å²) in [5.74, 6) is 0.148. The summed E-state index contributed by atoms with van der Waals surface area (Å²) in [5.41, 5.74) is 1.38. The van der Waals surface area contributed by atoms with Gasteiger partial charge >= 0.3 is 0 Å². The zero-order valence-electron chi connectivity index (χ0n) is 12.6. The number of benzene rings is 1. The molecule has 4 rings (SSSR count). The van der Waals surface area contributed by atoms with Gasteiger partial charge in [-0.1, -0.05) is 24.3 Å². The van der Waals surface area contributed by atoms with Crippen LogP contribution in [0.25, 0.3) is 0 Å². The lowest BCUT2D eigenvalue weighted by molar-refractivity contribution is -0.120. The molecule has 0 spiro atoms. The van der Waals surface area contributed by atoms with E-state index in [1.54, 1.807) is 29.3 Å². The second kappa shape index (κ2) is 5.50. The van der Waals surface area contributed by atoms with Crippen molar-refractivity contribution in [3.63, 3.8) is 0 Å². The Morgan fingerprint density at radius 1 is 1.00 bits per heavy atom. The number of likely N-dealkylation sites (tertiary alicyclic amines) is 1. The van der Waals surface area contributed by atoms with E-state index in [0.717, 1.165) is 5.69 Å². The van der Waals surface area contributed by atoms with Crippen LogP contribution >= 0.6 is 0 Å². The Morgan fingerprint density at radius 2 is 1.78 bits per heavy atom. The fraction of sp³-hybridized carbons (Fsp3) is 0.278. The highest BCUT2D eigenvalue weighted by molar-refractivity contribution is 5.99. The number of hydrogen-bond donors (Lipinski definition) is 0. The summed E-state index contributed by atoms with van der Waals surface area (Å²) in [4.78, 5) is 32.9. The predicted octanol–water partition coefficient (Wildman–Crippen LogP) is 1.82. The first-order chi connectivity index (χ1) is 11.2. The van der Waals surface area contributed by atoms with Crippen molar-refractivity contribution in [2.75, 3.05) is 24.5 Å². The minimum Gasteiger partial charge on any atom is -0.336 e. The van der Waals surface area contributed by atoms with Crippen LogP contribution in [0.3, 0.4) is 0 Å². The molecule has 0 radical (unpaired) electrons. The molecule has 0 unspecified atom stereocenters. The number of para-hydroxylation sites is 1. The van der Waals surface area contributed by atoms with Crippen molar-refractivity contribution in [1.29, 1.82) is 0 Å². The number of rotatable bonds is 2. The van der Waals surface area contributed by atoms with Gasteiger partial charge in [-0.05, 0) is 24.3 Å². The first-order valence-electron chi connectivity index (χ1n) is 7.81. The van der Waals surface area contributed by atoms with Crippen LogP contribution in [0.5, 0.6) is 0 Å². The van der Waals surface area contributed by atoms with Crippen molar-refractivity contribution < 1.29 is 9.59 Å². The molecule has 2 aliphatic rings. The van der Waals surface area contributed by atoms with E-state index in [-0.39, 0.29) is 23.7 Å². The highest BCUT2D eigenvalue weighted by Crippen LogP contribution is 2.35. The third-order valence-corrected chi connectivity index (χ3v) is 4.68. The lowest BCUT2D eigenvalue weighted by atomic mass is 10.0. The molecule has 0 N–H and O–H groups in total. The number of carbonyl (C=O) groups excluding carboxylic acids is 2. The van der Waals surface area contributed by atoms with Crippen LogP contribution in [0.2, 0.25) is 0 Å². The highest BCUT2D eigenvalue weighted by atomic mass is 16.2. The Kier molecular flexibility index (Phi) is 3.33. The maximum Gasteiger partial charge on any atom is 0.272 e. The van der Waals surface area contributed by atoms with Crippen molar-refractivity contribution in [2.45, 2.75) is 0 Å². The van der Waals surface area contributed by atoms with Gasteiger partial charge in [0.15, 0.2) is 0 Å². The summed E-state index contributed by atoms with van der Waals surface area (Å²) in [5, 5.41) is 0. The molecule has 23 heavy (non-hydrogen) atoms. The van der Waals surface area contributed by atoms with Crippen LogP contribution in [-0.4, -0.2) is 41.3 Å². The minimum absolute atomic E-state index is 0.0842. The van der Waals surface area contributed by atoms with Gasteiger partial charge in [-0.2, -0.15) is 0 Å². The molecule has 0 bridgehead atoms. The topological polar surface area (TPSA) is 53.5 Å². The molecular weight excluding hydrogens is 290 g/mol. The number of hydrogen-bond acceptors (Lipinski definition) is 3. The first kappa shape index (κ1) is 13.9. The van der Waals surface area contributed by atoms with Crippen molar-refractivity contribution in [2.24, 2.45) is 11.8 Å². The zero-order valence-corrected chi connectivity index (χ0v) is 12.6. The summed E-state index contributed by atoms with van der Waals surface area (Å²) < 4.78 is 0. The third-order valence-electron chi connectivity index (χ3n) is 4.68. The number of anilines is 1. The molecule has 1 aromatic carbocycles. The fourth-order valence-electron chi connectivity index (χ4n) is 3.52. The number of pyridine rings is 1. The predicted molar refractivity (Wildman–Crippen MR) is 85.9 cm³/mol. The van der Waals surface area contributed by atoms with Gasteiger partial charge < -0.3 is 9.80 Å². The van der Waals surface area contributed by atoms with E-state index >= 15 is 0 Å². The van der Waals surface area contributed by atoms with Crippen LogP contribution in [0, 0.1) is 11.8 Å². The maximum absolute atomic E-state index is 12.7. The van der Waals surface area contributed by atoms with Gasteiger partial charge in [0.1, 0.15) is 5.69 Å². The van der Waals surface area contributed by atoms with E-state index in [9.17, 15) is 9.59 Å². The average Bonchev–Trinajstić information content (AvgIpc) is 3.16. The van der Waals surface area contributed by atoms with Crippen LogP contribution in [-0.2, 0) is 4.79 Å². The van der Waals surface area contributed by atoms with E-state index < -0.39 is 0 Å². The molecule has 3 heterocycles. The number of carbonyl (C=O) groups is 2. The molecule has 2 fully saturated rings. The van der Waals surface area contributed by atoms with E-state index in [2.05, 4.69) is 4.98 Å². The van der Waals surface area contributed by atoms with Crippen molar-refractivity contribution in [3.05, 3.63) is 60.4 Å². The van der Waals surface area contributed by atoms with Gasteiger partial charge in [-0.3, -0.25) is 14.6 Å². The lowest BCUT2D eigenvalue weighted by Gasteiger charge is -2.21. The highest BCUT2D eigenvalue weighted by Gasteiger charge is 2.47. The number of fused-ring (bicyclic) bond motifs is 1. The summed E-state index contributed by atoms with van der Waals surface area (Å²) in [6, 6.07) is 15.0. The molecule has 0 aliphatic carbocycles. The summed E-state index contributed by atoms with van der Waals surface area (Å²) in [7, 11) is 0. The third kappa shape index (κ3) is 2.38. The van der Waals surface area contributed by atoms with Crippen LogP contribution < -0.4 is 4.90 Å². The maximum atomic E-state index is 12.7. The summed E-state index contributed by atoms with van der Waals surface area (Å²) in [6.07, 6.45) is 1.62. The SMILES string of the molecule is O=C(c1ccccn1)N1C[C@H]2CN(c3ccccc3)C(=O)[C@H]2C1. The van der Waals surface area contributed by atoms with Crippen LogP contribution in [0.1, 0.15) is 10.5 Å². The van der Waals surface area contributed by atoms with Crippen molar-refractivity contribution in [3.8, 4) is 0 Å². The van der Waals surface area contributed by atoms with Gasteiger partial charge in [-0.25, -0.2) is 0 Å². The van der Waals surface area contributed by atoms with Crippen molar-refractivity contribution >= 4 is 17.5 Å². The number of amides is 2. The Bertz CT molecular complexity index is 732. The van der Waals surface area contributed by atoms with Gasteiger partial charge in [-0.15, -0.1) is 0 Å². The van der Waals surface area contributed by atoms with E-state index in [4.69, 9.17) is 0 Å². The fourth-order valence-corrected chi connectivity index (χ4v) is 3.52. The average molecular weight is 307 g/mol. The molecule has 116 valence electrons. The largest absolute Gasteiger partial charge is 0.336 e. The lowest BCUT2D eigenvalue weighted by Crippen LogP contribution is -2.35. The first-order valence-corrected chi connectivity index (χ1v) is 7.81. The number of nitrogens with zero attached hydrogens (tertiary/aromatic N) is 3. The number of aromatic nitrogens is 1. The van der Waals surface area contributed by atoms with Gasteiger partial charge in [0, 0.05) is 37.4 Å². The Hall–Kier alpha value is -2.69. The molecule has 2 aromatic rings. The Labute approximate surface area is 134 Å². The molecule has 2 amide bonds. The molecule has 2 atom stereocenters. The molecule has 2 aliphatic heterocycles. The molecule has 1 aromatic heterocycles. The monoisotopic (exact) mass is 307 g/mol. The minimum atomic E-state index is -0.0946. The smallest absolute Gasteiger partial charge is 0.272 e. The summed E-state index contributed by atoms with van der Waals surface area (Å²) >= 11 is 0. The van der Waals surface area contributed by atoms with Crippen molar-refractivity contribution in [1.82, 2.24) is 9.88 Å². The molecule has 5 nitrogen and oxygen atoms in total. The van der Waals surface area contributed by atoms with Gasteiger partial charge in [0.05, 0.1) is 5.92 Å². The van der Waals surface area contributed by atoms with Gasteiger partial charge in [0.25, 0.3) is 5.91 Å². The second-order valence-corrected chi connectivity index (χ2v) is 6.08. The van der Waals surface area contributed by atoms with Crippen LogP contribution in [0.15, 0.2) is 54.7 Å². The van der Waals surface area contributed by atoms with Gasteiger partial charge in [0.2, 0.25) is 5.91 Å². The second-order valence-electron chi connectivity index (χ2n) is 6.08. The van der Waals surface area contributed by atoms with E-state index in [1.165, 1.54) is 0 Å². The quantitative estimate of drug-likeness (QED) is 0.850. The normalized spacial score (nSPS) is 23.2. The molecule has 5 heteroatoms. The zero-order chi connectivity index (χ0) is 15.8. The standard InChI is InChI=1S/C18H17N3O2/c22-17-15-12-20(18(23)16-8-4-5-9-19-16)10-13(15)11-21(17)14-6-2-1-3-7-14/h1-9,13,15H,10-12H2/t13-,15-/m0/s1. The van der Waals surface area contributed by atoms with E-state index in [1.807, 2.05) is 35.2 Å². The van der Waals surface area contributed by atoms with Crippen LogP contribution in [0.4, 0.5) is 5.69 Å².